The Morgan fingerprint density at radius 3 is 2.67 bits per heavy atom. The molecule has 0 bridgehead atoms. The van der Waals surface area contributed by atoms with Crippen LogP contribution in [0.2, 0.25) is 0 Å². The molecule has 0 saturated carbocycles. The van der Waals surface area contributed by atoms with Crippen molar-refractivity contribution in [1.29, 1.82) is 0 Å². The van der Waals surface area contributed by atoms with Gasteiger partial charge in [-0.1, -0.05) is 6.07 Å². The molecule has 0 aliphatic heterocycles. The average Bonchev–Trinajstić information content (AvgIpc) is 2.03. The number of nitro groups is 1. The maximum Gasteiger partial charge on any atom is 0.274 e. The van der Waals surface area contributed by atoms with E-state index < -0.39 is 4.92 Å². The summed E-state index contributed by atoms with van der Waals surface area (Å²) in [5.41, 5.74) is 6.08. The molecular formula is C7H7IN2O2. The molecule has 0 aromatic heterocycles. The molecule has 0 fully saturated rings. The molecule has 0 aliphatic rings. The minimum atomic E-state index is -0.412. The van der Waals surface area contributed by atoms with Crippen molar-refractivity contribution in [3.8, 4) is 0 Å². The van der Waals surface area contributed by atoms with Gasteiger partial charge in [-0.25, -0.2) is 0 Å². The summed E-state index contributed by atoms with van der Waals surface area (Å²) in [4.78, 5) is 10.1. The van der Waals surface area contributed by atoms with Gasteiger partial charge >= 0.3 is 0 Å². The third-order valence-electron chi connectivity index (χ3n) is 1.49. The lowest BCUT2D eigenvalue weighted by molar-refractivity contribution is -0.385. The monoisotopic (exact) mass is 278 g/mol. The smallest absolute Gasteiger partial charge is 0.274 e. The van der Waals surface area contributed by atoms with Crippen LogP contribution in [0.4, 0.5) is 5.69 Å². The van der Waals surface area contributed by atoms with Crippen LogP contribution in [0.5, 0.6) is 0 Å². The Kier molecular flexibility index (Phi) is 2.99. The van der Waals surface area contributed by atoms with Gasteiger partial charge in [-0.3, -0.25) is 10.1 Å². The fourth-order valence-electron chi connectivity index (χ4n) is 0.920. The number of hydrogen-bond donors (Lipinski definition) is 1. The molecule has 0 unspecified atom stereocenters. The quantitative estimate of drug-likeness (QED) is 0.508. The van der Waals surface area contributed by atoms with Crippen molar-refractivity contribution in [3.63, 3.8) is 0 Å². The summed E-state index contributed by atoms with van der Waals surface area (Å²) in [7, 11) is 0. The Morgan fingerprint density at radius 2 is 2.25 bits per heavy atom. The van der Waals surface area contributed by atoms with Crippen molar-refractivity contribution < 1.29 is 4.92 Å². The van der Waals surface area contributed by atoms with Gasteiger partial charge in [0.05, 0.1) is 10.5 Å². The standard InChI is InChI=1S/C7H7IN2O2/c8-6-2-1-3-7(10(11)12)5(6)4-9/h1-3H,4,9H2. The molecule has 1 rings (SSSR count). The Balaban J connectivity index is 3.27. The molecule has 0 saturated heterocycles. The van der Waals surface area contributed by atoms with Gasteiger partial charge in [0.15, 0.2) is 0 Å². The summed E-state index contributed by atoms with van der Waals surface area (Å²) < 4.78 is 0.837. The molecule has 5 heteroatoms. The van der Waals surface area contributed by atoms with E-state index in [0.717, 1.165) is 3.57 Å². The second-order valence-corrected chi connectivity index (χ2v) is 3.36. The van der Waals surface area contributed by atoms with Crippen LogP contribution < -0.4 is 5.73 Å². The summed E-state index contributed by atoms with van der Waals surface area (Å²) in [6, 6.07) is 4.92. The van der Waals surface area contributed by atoms with Crippen molar-refractivity contribution >= 4 is 28.3 Å². The van der Waals surface area contributed by atoms with Gasteiger partial charge in [0, 0.05) is 16.2 Å². The normalized spacial score (nSPS) is 9.83. The zero-order valence-corrected chi connectivity index (χ0v) is 8.32. The summed E-state index contributed by atoms with van der Waals surface area (Å²) in [5.74, 6) is 0. The third kappa shape index (κ3) is 1.72. The molecule has 64 valence electrons. The average molecular weight is 278 g/mol. The van der Waals surface area contributed by atoms with Gasteiger partial charge in [0.25, 0.3) is 5.69 Å². The molecule has 2 N–H and O–H groups in total. The van der Waals surface area contributed by atoms with Crippen LogP contribution in [-0.2, 0) is 6.54 Å². The van der Waals surface area contributed by atoms with Crippen LogP contribution >= 0.6 is 22.6 Å². The molecule has 1 aromatic carbocycles. The van der Waals surface area contributed by atoms with Gasteiger partial charge in [0.2, 0.25) is 0 Å². The van der Waals surface area contributed by atoms with Gasteiger partial charge in [-0.05, 0) is 28.7 Å². The summed E-state index contributed by atoms with van der Waals surface area (Å²) in [6.07, 6.45) is 0. The number of nitro benzene ring substituents is 1. The molecule has 0 atom stereocenters. The molecule has 0 spiro atoms. The van der Waals surface area contributed by atoms with Crippen molar-refractivity contribution in [2.45, 2.75) is 6.54 Å². The minimum Gasteiger partial charge on any atom is -0.326 e. The number of nitrogens with zero attached hydrogens (tertiary/aromatic N) is 1. The van der Waals surface area contributed by atoms with Crippen LogP contribution in [0.15, 0.2) is 18.2 Å². The minimum absolute atomic E-state index is 0.101. The van der Waals surface area contributed by atoms with Crippen molar-refractivity contribution in [1.82, 2.24) is 0 Å². The van der Waals surface area contributed by atoms with Crippen LogP contribution in [0.3, 0.4) is 0 Å². The zero-order valence-electron chi connectivity index (χ0n) is 6.16. The van der Waals surface area contributed by atoms with E-state index in [2.05, 4.69) is 0 Å². The topological polar surface area (TPSA) is 69.2 Å². The molecule has 1 aromatic rings. The van der Waals surface area contributed by atoms with Crippen LogP contribution in [0, 0.1) is 13.7 Å². The van der Waals surface area contributed by atoms with E-state index in [1.807, 2.05) is 22.6 Å². The maximum absolute atomic E-state index is 10.5. The fourth-order valence-corrected chi connectivity index (χ4v) is 1.62. The number of rotatable bonds is 2. The van der Waals surface area contributed by atoms with Crippen molar-refractivity contribution in [2.24, 2.45) is 5.73 Å². The second-order valence-electron chi connectivity index (χ2n) is 2.20. The van der Waals surface area contributed by atoms with Gasteiger partial charge < -0.3 is 5.73 Å². The molecule has 0 radical (unpaired) electrons. The molecule has 12 heavy (non-hydrogen) atoms. The van der Waals surface area contributed by atoms with Crippen molar-refractivity contribution in [2.75, 3.05) is 0 Å². The third-order valence-corrected chi connectivity index (χ3v) is 2.51. The Hall–Kier alpha value is -0.690. The SMILES string of the molecule is NCc1c(I)cccc1[N+](=O)[O-]. The lowest BCUT2D eigenvalue weighted by atomic mass is 10.2. The predicted molar refractivity (Wildman–Crippen MR) is 53.7 cm³/mol. The Morgan fingerprint density at radius 1 is 1.58 bits per heavy atom. The van der Waals surface area contributed by atoms with E-state index in [-0.39, 0.29) is 12.2 Å². The Bertz CT molecular complexity index is 314. The summed E-state index contributed by atoms with van der Waals surface area (Å²) in [6.45, 7) is 0.204. The number of benzene rings is 1. The van der Waals surface area contributed by atoms with E-state index in [0.29, 0.717) is 5.56 Å². The highest BCUT2D eigenvalue weighted by Crippen LogP contribution is 2.22. The highest BCUT2D eigenvalue weighted by atomic mass is 127. The van der Waals surface area contributed by atoms with Crippen LogP contribution in [-0.4, -0.2) is 4.92 Å². The summed E-state index contributed by atoms with van der Waals surface area (Å²) in [5, 5.41) is 10.5. The van der Waals surface area contributed by atoms with E-state index in [4.69, 9.17) is 5.73 Å². The largest absolute Gasteiger partial charge is 0.326 e. The predicted octanol–water partition coefficient (Wildman–Crippen LogP) is 1.66. The number of halogens is 1. The van der Waals surface area contributed by atoms with Gasteiger partial charge in [0.1, 0.15) is 0 Å². The van der Waals surface area contributed by atoms with E-state index in [1.54, 1.807) is 12.1 Å². The van der Waals surface area contributed by atoms with E-state index in [1.165, 1.54) is 6.07 Å². The first-order valence-corrected chi connectivity index (χ1v) is 4.36. The molecule has 4 nitrogen and oxygen atoms in total. The number of hydrogen-bond acceptors (Lipinski definition) is 3. The fraction of sp³-hybridized carbons (Fsp3) is 0.143. The highest BCUT2D eigenvalue weighted by molar-refractivity contribution is 14.1. The van der Waals surface area contributed by atoms with E-state index >= 15 is 0 Å². The molecule has 0 heterocycles. The molecule has 0 aliphatic carbocycles. The summed E-state index contributed by atoms with van der Waals surface area (Å²) >= 11 is 2.03. The Labute approximate surface area is 83.1 Å². The van der Waals surface area contributed by atoms with Crippen molar-refractivity contribution in [3.05, 3.63) is 37.4 Å². The zero-order chi connectivity index (χ0) is 9.14. The first-order valence-electron chi connectivity index (χ1n) is 3.28. The second kappa shape index (κ2) is 3.81. The van der Waals surface area contributed by atoms with Gasteiger partial charge in [-0.2, -0.15) is 0 Å². The van der Waals surface area contributed by atoms with Crippen LogP contribution in [0.1, 0.15) is 5.56 Å². The lowest BCUT2D eigenvalue weighted by Gasteiger charge is -2.00. The van der Waals surface area contributed by atoms with Crippen LogP contribution in [0.25, 0.3) is 0 Å². The maximum atomic E-state index is 10.5. The lowest BCUT2D eigenvalue weighted by Crippen LogP contribution is -2.03. The first-order chi connectivity index (χ1) is 5.66. The van der Waals surface area contributed by atoms with E-state index in [9.17, 15) is 10.1 Å². The number of nitrogens with two attached hydrogens (primary N) is 1. The highest BCUT2D eigenvalue weighted by Gasteiger charge is 2.13. The van der Waals surface area contributed by atoms with Gasteiger partial charge in [-0.15, -0.1) is 0 Å². The molecular weight excluding hydrogens is 271 g/mol. The first kappa shape index (κ1) is 9.40. The molecule has 0 amide bonds.